The highest BCUT2D eigenvalue weighted by Gasteiger charge is 2.22. The fraction of sp³-hybridized carbons (Fsp3) is 0.632. The molecule has 8 nitrogen and oxygen atoms in total. The highest BCUT2D eigenvalue weighted by Crippen LogP contribution is 2.22. The van der Waals surface area contributed by atoms with Crippen molar-refractivity contribution in [3.63, 3.8) is 0 Å². The smallest absolute Gasteiger partial charge is 0.213 e. The van der Waals surface area contributed by atoms with Gasteiger partial charge >= 0.3 is 0 Å². The van der Waals surface area contributed by atoms with Gasteiger partial charge in [0, 0.05) is 51.3 Å². The van der Waals surface area contributed by atoms with Gasteiger partial charge in [-0.05, 0) is 6.92 Å². The second kappa shape index (κ2) is 9.73. The Kier molecular flexibility index (Phi) is 7.87. The van der Waals surface area contributed by atoms with Crippen molar-refractivity contribution in [2.75, 3.05) is 33.2 Å². The molecular formula is C19H31IN6O2. The number of aliphatic imine (C=N–C) groups is 1. The lowest BCUT2D eigenvalue weighted by Gasteiger charge is -2.36. The van der Waals surface area contributed by atoms with Gasteiger partial charge in [0.2, 0.25) is 5.89 Å². The minimum absolute atomic E-state index is 0. The molecule has 3 heterocycles. The standard InChI is InChI=1S/C19H30N6O2.HI/c1-14-10-15(23-27-14)13-24-6-8-25(9-7-24)18(20-5)22-12-17-21-11-16(26-17)19(2,3)4;/h10-11H,6-9,12-13H2,1-5H3,(H,20,22);1H. The number of nitrogens with one attached hydrogen (secondary N) is 1. The van der Waals surface area contributed by atoms with Crippen LogP contribution in [0.25, 0.3) is 0 Å². The van der Waals surface area contributed by atoms with Gasteiger partial charge in [0.05, 0.1) is 18.4 Å². The van der Waals surface area contributed by atoms with Crippen molar-refractivity contribution in [2.24, 2.45) is 4.99 Å². The summed E-state index contributed by atoms with van der Waals surface area (Å²) in [5, 5.41) is 7.44. The summed E-state index contributed by atoms with van der Waals surface area (Å²) < 4.78 is 11.0. The largest absolute Gasteiger partial charge is 0.443 e. The summed E-state index contributed by atoms with van der Waals surface area (Å²) in [5.41, 5.74) is 0.952. The molecule has 1 saturated heterocycles. The molecule has 0 radical (unpaired) electrons. The Bertz CT molecular complexity index is 771. The fourth-order valence-corrected chi connectivity index (χ4v) is 3.07. The van der Waals surface area contributed by atoms with Crippen LogP contribution in [0, 0.1) is 6.92 Å². The van der Waals surface area contributed by atoms with Gasteiger partial charge in [-0.3, -0.25) is 9.89 Å². The van der Waals surface area contributed by atoms with E-state index in [9.17, 15) is 0 Å². The van der Waals surface area contributed by atoms with E-state index in [1.165, 1.54) is 0 Å². The first kappa shape index (κ1) is 22.7. The molecule has 0 amide bonds. The molecule has 0 saturated carbocycles. The van der Waals surface area contributed by atoms with Gasteiger partial charge in [-0.25, -0.2) is 4.98 Å². The van der Waals surface area contributed by atoms with Crippen LogP contribution in [-0.4, -0.2) is 59.1 Å². The molecule has 0 aromatic carbocycles. The van der Waals surface area contributed by atoms with Gasteiger partial charge < -0.3 is 19.2 Å². The Morgan fingerprint density at radius 2 is 1.96 bits per heavy atom. The number of halogens is 1. The zero-order chi connectivity index (χ0) is 19.4. The predicted molar refractivity (Wildman–Crippen MR) is 119 cm³/mol. The van der Waals surface area contributed by atoms with Crippen LogP contribution in [0.2, 0.25) is 0 Å². The van der Waals surface area contributed by atoms with Crippen LogP contribution < -0.4 is 5.32 Å². The van der Waals surface area contributed by atoms with Gasteiger partial charge in [-0.2, -0.15) is 0 Å². The van der Waals surface area contributed by atoms with E-state index >= 15 is 0 Å². The lowest BCUT2D eigenvalue weighted by atomic mass is 9.94. The number of aryl methyl sites for hydroxylation is 1. The van der Waals surface area contributed by atoms with Crippen molar-refractivity contribution in [1.82, 2.24) is 25.3 Å². The van der Waals surface area contributed by atoms with Gasteiger partial charge in [0.25, 0.3) is 0 Å². The van der Waals surface area contributed by atoms with Crippen LogP contribution in [0.15, 0.2) is 26.2 Å². The summed E-state index contributed by atoms with van der Waals surface area (Å²) in [5.74, 6) is 3.31. The highest BCUT2D eigenvalue weighted by atomic mass is 127. The van der Waals surface area contributed by atoms with E-state index in [2.05, 4.69) is 51.0 Å². The first-order valence-corrected chi connectivity index (χ1v) is 9.40. The van der Waals surface area contributed by atoms with Gasteiger partial charge in [-0.15, -0.1) is 24.0 Å². The van der Waals surface area contributed by atoms with E-state index in [0.717, 1.165) is 55.9 Å². The zero-order valence-corrected chi connectivity index (χ0v) is 19.7. The van der Waals surface area contributed by atoms with Crippen molar-refractivity contribution in [3.8, 4) is 0 Å². The van der Waals surface area contributed by atoms with Crippen LogP contribution in [0.3, 0.4) is 0 Å². The van der Waals surface area contributed by atoms with E-state index in [0.29, 0.717) is 12.4 Å². The maximum atomic E-state index is 5.84. The number of nitrogens with zero attached hydrogens (tertiary/aromatic N) is 5. The molecule has 2 aromatic rings. The van der Waals surface area contributed by atoms with E-state index in [4.69, 9.17) is 8.94 Å². The SMILES string of the molecule is CN=C(NCc1ncc(C(C)(C)C)o1)N1CCN(Cc2cc(C)on2)CC1.I. The molecule has 9 heteroatoms. The first-order chi connectivity index (χ1) is 12.8. The van der Waals surface area contributed by atoms with Crippen molar-refractivity contribution < 1.29 is 8.94 Å². The average Bonchev–Trinajstić information content (AvgIpc) is 3.26. The summed E-state index contributed by atoms with van der Waals surface area (Å²) in [4.78, 5) is 13.4. The van der Waals surface area contributed by atoms with Crippen LogP contribution in [-0.2, 0) is 18.5 Å². The number of hydrogen-bond donors (Lipinski definition) is 1. The van der Waals surface area contributed by atoms with Crippen molar-refractivity contribution >= 4 is 29.9 Å². The molecular weight excluding hydrogens is 471 g/mol. The Morgan fingerprint density at radius 1 is 1.25 bits per heavy atom. The number of rotatable bonds is 4. The van der Waals surface area contributed by atoms with Gasteiger partial charge in [0.1, 0.15) is 11.5 Å². The minimum Gasteiger partial charge on any atom is -0.443 e. The monoisotopic (exact) mass is 502 g/mol. The average molecular weight is 502 g/mol. The molecule has 2 aromatic heterocycles. The summed E-state index contributed by atoms with van der Waals surface area (Å²) in [6.45, 7) is 13.4. The van der Waals surface area contributed by atoms with Crippen molar-refractivity contribution in [3.05, 3.63) is 35.4 Å². The maximum Gasteiger partial charge on any atom is 0.213 e. The summed E-state index contributed by atoms with van der Waals surface area (Å²) in [6, 6.07) is 2.00. The summed E-state index contributed by atoms with van der Waals surface area (Å²) >= 11 is 0. The molecule has 28 heavy (non-hydrogen) atoms. The number of aromatic nitrogens is 2. The molecule has 1 fully saturated rings. The normalized spacial score (nSPS) is 16.2. The van der Waals surface area contributed by atoms with Crippen molar-refractivity contribution in [1.29, 1.82) is 0 Å². The van der Waals surface area contributed by atoms with Crippen LogP contribution in [0.4, 0.5) is 0 Å². The molecule has 0 spiro atoms. The van der Waals surface area contributed by atoms with Crippen LogP contribution >= 0.6 is 24.0 Å². The number of guanidine groups is 1. The maximum absolute atomic E-state index is 5.84. The minimum atomic E-state index is -0.0361. The molecule has 0 unspecified atom stereocenters. The topological polar surface area (TPSA) is 82.9 Å². The Balaban J connectivity index is 0.00000280. The highest BCUT2D eigenvalue weighted by molar-refractivity contribution is 14.0. The predicted octanol–water partition coefficient (Wildman–Crippen LogP) is 2.78. The second-order valence-corrected chi connectivity index (χ2v) is 7.96. The first-order valence-electron chi connectivity index (χ1n) is 9.40. The Labute approximate surface area is 183 Å². The molecule has 0 bridgehead atoms. The lowest BCUT2D eigenvalue weighted by molar-refractivity contribution is 0.168. The Hall–Kier alpha value is -1.62. The van der Waals surface area contributed by atoms with E-state index in [1.54, 1.807) is 0 Å². The quantitative estimate of drug-likeness (QED) is 0.391. The summed E-state index contributed by atoms with van der Waals surface area (Å²) in [6.07, 6.45) is 1.81. The van der Waals surface area contributed by atoms with E-state index < -0.39 is 0 Å². The number of oxazole rings is 1. The third-order valence-corrected chi connectivity index (χ3v) is 4.64. The van der Waals surface area contributed by atoms with Crippen LogP contribution in [0.5, 0.6) is 0 Å². The van der Waals surface area contributed by atoms with E-state index in [-0.39, 0.29) is 29.4 Å². The van der Waals surface area contributed by atoms with Crippen LogP contribution in [0.1, 0.15) is 43.9 Å². The molecule has 3 rings (SSSR count). The molecule has 1 N–H and O–H groups in total. The molecule has 1 aliphatic heterocycles. The molecule has 0 atom stereocenters. The van der Waals surface area contributed by atoms with Gasteiger partial charge in [0.15, 0.2) is 5.96 Å². The number of hydrogen-bond acceptors (Lipinski definition) is 6. The van der Waals surface area contributed by atoms with E-state index in [1.807, 2.05) is 26.2 Å². The molecule has 1 aliphatic rings. The fourth-order valence-electron chi connectivity index (χ4n) is 3.07. The summed E-state index contributed by atoms with van der Waals surface area (Å²) in [7, 11) is 1.81. The third-order valence-electron chi connectivity index (χ3n) is 4.64. The van der Waals surface area contributed by atoms with Crippen molar-refractivity contribution in [2.45, 2.75) is 46.2 Å². The lowest BCUT2D eigenvalue weighted by Crippen LogP contribution is -2.52. The third kappa shape index (κ3) is 5.94. The molecule has 156 valence electrons. The zero-order valence-electron chi connectivity index (χ0n) is 17.4. The second-order valence-electron chi connectivity index (χ2n) is 7.96. The molecule has 0 aliphatic carbocycles. The number of piperazine rings is 1. The van der Waals surface area contributed by atoms with Gasteiger partial charge in [-0.1, -0.05) is 25.9 Å². The Morgan fingerprint density at radius 3 is 2.50 bits per heavy atom.